The van der Waals surface area contributed by atoms with Crippen molar-refractivity contribution in [2.45, 2.75) is 26.3 Å². The van der Waals surface area contributed by atoms with Crippen LogP contribution in [0.1, 0.15) is 25.8 Å². The van der Waals surface area contributed by atoms with E-state index in [1.54, 1.807) is 11.3 Å². The van der Waals surface area contributed by atoms with Gasteiger partial charge >= 0.3 is 0 Å². The highest BCUT2D eigenvalue weighted by Gasteiger charge is 2.25. The predicted molar refractivity (Wildman–Crippen MR) is 80.8 cm³/mol. The zero-order valence-corrected chi connectivity index (χ0v) is 12.6. The number of fused-ring (bicyclic) bond motifs is 1. The molecule has 0 unspecified atom stereocenters. The van der Waals surface area contributed by atoms with E-state index in [-0.39, 0.29) is 5.54 Å². The Bertz CT molecular complexity index is 714. The van der Waals surface area contributed by atoms with Gasteiger partial charge in [0.2, 0.25) is 4.96 Å². The zero-order valence-electron chi connectivity index (χ0n) is 11.8. The lowest BCUT2D eigenvalue weighted by Gasteiger charge is -2.22. The van der Waals surface area contributed by atoms with Gasteiger partial charge in [0, 0.05) is 5.56 Å². The third-order valence-electron chi connectivity index (χ3n) is 3.18. The van der Waals surface area contributed by atoms with Crippen LogP contribution in [-0.2, 0) is 5.54 Å². The first-order valence-corrected chi connectivity index (χ1v) is 7.46. The molecule has 2 heterocycles. The smallest absolute Gasteiger partial charge is 0.235 e. The van der Waals surface area contributed by atoms with Crippen LogP contribution in [0.25, 0.3) is 16.3 Å². The zero-order chi connectivity index (χ0) is 14.2. The third kappa shape index (κ3) is 2.21. The number of hydrogen-bond donors (Lipinski definition) is 1. The van der Waals surface area contributed by atoms with Gasteiger partial charge in [-0.25, -0.2) is 0 Å². The van der Waals surface area contributed by atoms with E-state index < -0.39 is 0 Å². The van der Waals surface area contributed by atoms with E-state index >= 15 is 0 Å². The van der Waals surface area contributed by atoms with E-state index in [0.29, 0.717) is 0 Å². The van der Waals surface area contributed by atoms with E-state index in [2.05, 4.69) is 41.4 Å². The van der Waals surface area contributed by atoms with E-state index in [1.807, 2.05) is 34.8 Å². The molecule has 5 nitrogen and oxygen atoms in total. The molecule has 6 heteroatoms. The van der Waals surface area contributed by atoms with Gasteiger partial charge in [-0.2, -0.15) is 9.61 Å². The highest BCUT2D eigenvalue weighted by Crippen LogP contribution is 2.27. The van der Waals surface area contributed by atoms with Crippen LogP contribution in [0.2, 0.25) is 0 Å². The summed E-state index contributed by atoms with van der Waals surface area (Å²) in [6, 6.07) is 10.0. The summed E-state index contributed by atoms with van der Waals surface area (Å²) in [6.07, 6.45) is 0. The summed E-state index contributed by atoms with van der Waals surface area (Å²) in [5.74, 6) is 0.787. The maximum Gasteiger partial charge on any atom is 0.235 e. The summed E-state index contributed by atoms with van der Waals surface area (Å²) in [5, 5.41) is 17.6. The Morgan fingerprint density at radius 3 is 2.65 bits per heavy atom. The van der Waals surface area contributed by atoms with Crippen LogP contribution in [0.3, 0.4) is 0 Å². The number of rotatable bonds is 4. The Kier molecular flexibility index (Phi) is 3.27. The largest absolute Gasteiger partial charge is 0.306 e. The molecule has 0 amide bonds. The Morgan fingerprint density at radius 1 is 1.20 bits per heavy atom. The minimum absolute atomic E-state index is 0.159. The van der Waals surface area contributed by atoms with Crippen molar-refractivity contribution < 1.29 is 0 Å². The fourth-order valence-electron chi connectivity index (χ4n) is 2.15. The van der Waals surface area contributed by atoms with Crippen LogP contribution in [0.5, 0.6) is 0 Å². The molecule has 0 radical (unpaired) electrons. The standard InChI is InChI=1S/C14H17N5S/c1-4-15-14(2,3)12-18-19-11(16-17-13(19)20-12)10-8-6-5-7-9-10/h5-9,15H,4H2,1-3H3. The van der Waals surface area contributed by atoms with Crippen molar-refractivity contribution in [3.05, 3.63) is 35.3 Å². The molecule has 0 aliphatic carbocycles. The summed E-state index contributed by atoms with van der Waals surface area (Å²) >= 11 is 1.58. The van der Waals surface area contributed by atoms with Crippen molar-refractivity contribution in [2.75, 3.05) is 6.54 Å². The maximum atomic E-state index is 4.69. The molecular formula is C14H17N5S. The fourth-order valence-corrected chi connectivity index (χ4v) is 3.07. The van der Waals surface area contributed by atoms with Crippen molar-refractivity contribution in [1.82, 2.24) is 25.1 Å². The number of benzene rings is 1. The first-order valence-electron chi connectivity index (χ1n) is 6.65. The van der Waals surface area contributed by atoms with Gasteiger partial charge < -0.3 is 5.32 Å². The lowest BCUT2D eigenvalue weighted by molar-refractivity contribution is 0.409. The van der Waals surface area contributed by atoms with E-state index in [4.69, 9.17) is 0 Å². The molecule has 0 aliphatic heterocycles. The lowest BCUT2D eigenvalue weighted by Crippen LogP contribution is -2.36. The molecule has 0 saturated carbocycles. The molecule has 0 bridgehead atoms. The van der Waals surface area contributed by atoms with E-state index in [9.17, 15) is 0 Å². The fraction of sp³-hybridized carbons (Fsp3) is 0.357. The molecule has 20 heavy (non-hydrogen) atoms. The molecule has 0 aliphatic rings. The van der Waals surface area contributed by atoms with Crippen molar-refractivity contribution in [3.63, 3.8) is 0 Å². The van der Waals surface area contributed by atoms with E-state index in [1.165, 1.54) is 0 Å². The summed E-state index contributed by atoms with van der Waals surface area (Å²) in [7, 11) is 0. The second-order valence-electron chi connectivity index (χ2n) is 5.15. The average Bonchev–Trinajstić information content (AvgIpc) is 2.99. The third-order valence-corrected chi connectivity index (χ3v) is 4.40. The Balaban J connectivity index is 2.08. The number of nitrogens with one attached hydrogen (secondary N) is 1. The highest BCUT2D eigenvalue weighted by molar-refractivity contribution is 7.16. The van der Waals surface area contributed by atoms with Crippen LogP contribution in [0.4, 0.5) is 0 Å². The van der Waals surface area contributed by atoms with E-state index in [0.717, 1.165) is 27.9 Å². The van der Waals surface area contributed by atoms with Crippen LogP contribution < -0.4 is 5.32 Å². The van der Waals surface area contributed by atoms with Gasteiger partial charge in [0.15, 0.2) is 5.82 Å². The van der Waals surface area contributed by atoms with Crippen LogP contribution >= 0.6 is 11.3 Å². The second-order valence-corrected chi connectivity index (χ2v) is 6.10. The summed E-state index contributed by atoms with van der Waals surface area (Å²) < 4.78 is 1.83. The Hall–Kier alpha value is -1.79. The van der Waals surface area contributed by atoms with Gasteiger partial charge in [0.05, 0.1) is 5.54 Å². The number of nitrogens with zero attached hydrogens (tertiary/aromatic N) is 4. The SMILES string of the molecule is CCNC(C)(C)c1nn2c(-c3ccccc3)nnc2s1. The summed E-state index contributed by atoms with van der Waals surface area (Å²) in [4.78, 5) is 0.824. The molecule has 3 aromatic rings. The molecule has 104 valence electrons. The summed E-state index contributed by atoms with van der Waals surface area (Å²) in [6.45, 7) is 7.25. The quantitative estimate of drug-likeness (QED) is 0.801. The minimum atomic E-state index is -0.159. The first-order chi connectivity index (χ1) is 9.62. The predicted octanol–water partition coefficient (Wildman–Crippen LogP) is 2.70. The van der Waals surface area contributed by atoms with Gasteiger partial charge in [-0.05, 0) is 20.4 Å². The van der Waals surface area contributed by atoms with Gasteiger partial charge in [-0.1, -0.05) is 48.6 Å². The van der Waals surface area contributed by atoms with Crippen molar-refractivity contribution in [3.8, 4) is 11.4 Å². The van der Waals surface area contributed by atoms with Crippen LogP contribution in [-0.4, -0.2) is 26.4 Å². The monoisotopic (exact) mass is 287 g/mol. The second kappa shape index (κ2) is 4.96. The molecule has 1 aromatic carbocycles. The molecular weight excluding hydrogens is 270 g/mol. The first kappa shape index (κ1) is 13.2. The molecule has 0 spiro atoms. The Morgan fingerprint density at radius 2 is 1.95 bits per heavy atom. The van der Waals surface area contributed by atoms with Crippen molar-refractivity contribution in [1.29, 1.82) is 0 Å². The molecule has 0 saturated heterocycles. The summed E-state index contributed by atoms with van der Waals surface area (Å²) in [5.41, 5.74) is 0.867. The topological polar surface area (TPSA) is 55.1 Å². The Labute approximate surface area is 121 Å². The van der Waals surface area contributed by atoms with Crippen molar-refractivity contribution in [2.24, 2.45) is 0 Å². The number of aromatic nitrogens is 4. The normalized spacial score (nSPS) is 12.2. The molecule has 0 atom stereocenters. The average molecular weight is 287 g/mol. The number of hydrogen-bond acceptors (Lipinski definition) is 5. The van der Waals surface area contributed by atoms with Crippen molar-refractivity contribution >= 4 is 16.3 Å². The van der Waals surface area contributed by atoms with Gasteiger partial charge in [-0.15, -0.1) is 10.2 Å². The maximum absolute atomic E-state index is 4.69. The molecule has 1 N–H and O–H groups in total. The molecule has 3 rings (SSSR count). The lowest BCUT2D eigenvalue weighted by atomic mass is 10.1. The highest BCUT2D eigenvalue weighted by atomic mass is 32.1. The van der Waals surface area contributed by atoms with Gasteiger partial charge in [-0.3, -0.25) is 0 Å². The molecule has 0 fully saturated rings. The van der Waals surface area contributed by atoms with Gasteiger partial charge in [0.25, 0.3) is 0 Å². The van der Waals surface area contributed by atoms with Crippen LogP contribution in [0, 0.1) is 0 Å². The minimum Gasteiger partial charge on any atom is -0.306 e. The van der Waals surface area contributed by atoms with Crippen LogP contribution in [0.15, 0.2) is 30.3 Å². The molecule has 2 aromatic heterocycles. The van der Waals surface area contributed by atoms with Gasteiger partial charge in [0.1, 0.15) is 5.01 Å².